The molecule has 1 unspecified atom stereocenters. The monoisotopic (exact) mass is 356 g/mol. The number of aromatic nitrogens is 2. The number of carbonyl (C=O) groups excluding carboxylic acids is 1. The Hall–Kier alpha value is -2.91. The average molecular weight is 356 g/mol. The number of oxime groups is 1. The second-order valence-electron chi connectivity index (χ2n) is 4.93. The predicted octanol–water partition coefficient (Wildman–Crippen LogP) is 2.90. The number of rotatable bonds is 6. The molecule has 7 nitrogen and oxygen atoms in total. The van der Waals surface area contributed by atoms with E-state index >= 15 is 0 Å². The summed E-state index contributed by atoms with van der Waals surface area (Å²) in [5, 5.41) is 9.61. The largest absolute Gasteiger partial charge is 0.471 e. The van der Waals surface area contributed by atoms with Gasteiger partial charge >= 0.3 is 12.1 Å². The minimum Gasteiger partial charge on any atom is -0.396 e. The van der Waals surface area contributed by atoms with Gasteiger partial charge in [0.05, 0.1) is 12.3 Å². The quantitative estimate of drug-likeness (QED) is 0.635. The van der Waals surface area contributed by atoms with Crippen LogP contribution in [0, 0.1) is 0 Å². The second kappa shape index (κ2) is 7.77. The van der Waals surface area contributed by atoms with Crippen molar-refractivity contribution in [3.63, 3.8) is 0 Å². The normalized spacial score (nSPS) is 13.0. The third-order valence-electron chi connectivity index (χ3n) is 2.92. The number of hydrogen-bond donors (Lipinski definition) is 1. The summed E-state index contributed by atoms with van der Waals surface area (Å²) in [6.07, 6.45) is -3.27. The maximum Gasteiger partial charge on any atom is 0.471 e. The molecule has 2 rings (SSSR count). The number of halogens is 3. The second-order valence-corrected chi connectivity index (χ2v) is 4.93. The van der Waals surface area contributed by atoms with Crippen LogP contribution in [0.15, 0.2) is 33.9 Å². The van der Waals surface area contributed by atoms with Crippen molar-refractivity contribution in [2.45, 2.75) is 26.1 Å². The molecule has 0 aliphatic carbocycles. The lowest BCUT2D eigenvalue weighted by Gasteiger charge is -2.09. The van der Waals surface area contributed by atoms with Crippen molar-refractivity contribution in [3.05, 3.63) is 35.7 Å². The molecular weight excluding hydrogens is 341 g/mol. The zero-order chi connectivity index (χ0) is 18.4. The van der Waals surface area contributed by atoms with Gasteiger partial charge in [0.2, 0.25) is 5.82 Å². The summed E-state index contributed by atoms with van der Waals surface area (Å²) in [7, 11) is 0. The third kappa shape index (κ3) is 5.03. The predicted molar refractivity (Wildman–Crippen MR) is 81.8 cm³/mol. The van der Waals surface area contributed by atoms with Crippen LogP contribution in [0.25, 0.3) is 11.4 Å². The first-order valence-electron chi connectivity index (χ1n) is 7.29. The highest BCUT2D eigenvalue weighted by atomic mass is 19.4. The van der Waals surface area contributed by atoms with Crippen LogP contribution in [0.5, 0.6) is 0 Å². The third-order valence-corrected chi connectivity index (χ3v) is 2.92. The molecular formula is C15H15F3N4O3. The first-order chi connectivity index (χ1) is 11.8. The minimum atomic E-state index is -4.70. The van der Waals surface area contributed by atoms with Crippen molar-refractivity contribution >= 4 is 12.1 Å². The number of hydrogen-bond acceptors (Lipinski definition) is 6. The molecule has 0 saturated carbocycles. The highest BCUT2D eigenvalue weighted by Gasteiger charge is 2.38. The first kappa shape index (κ1) is 18.4. The summed E-state index contributed by atoms with van der Waals surface area (Å²) in [6.45, 7) is 3.92. The number of nitrogens with zero attached hydrogens (tertiary/aromatic N) is 3. The van der Waals surface area contributed by atoms with Gasteiger partial charge in [0.25, 0.3) is 5.91 Å². The van der Waals surface area contributed by atoms with Gasteiger partial charge in [-0.05, 0) is 26.0 Å². The molecule has 1 aromatic carbocycles. The number of carbonyl (C=O) groups is 1. The molecule has 134 valence electrons. The molecule has 0 bridgehead atoms. The summed E-state index contributed by atoms with van der Waals surface area (Å²) >= 11 is 0. The number of nitrogens with one attached hydrogen (secondary N) is 1. The van der Waals surface area contributed by atoms with Gasteiger partial charge in [-0.3, -0.25) is 4.79 Å². The Morgan fingerprint density at radius 2 is 2.08 bits per heavy atom. The van der Waals surface area contributed by atoms with Crippen LogP contribution in [0.3, 0.4) is 0 Å². The van der Waals surface area contributed by atoms with Crippen LogP contribution < -0.4 is 5.32 Å². The molecule has 0 saturated heterocycles. The molecule has 1 heterocycles. The zero-order valence-corrected chi connectivity index (χ0v) is 13.4. The van der Waals surface area contributed by atoms with E-state index < -0.39 is 12.1 Å². The summed E-state index contributed by atoms with van der Waals surface area (Å²) in [5.41, 5.74) is 0.613. The molecule has 1 N–H and O–H groups in total. The molecule has 0 aliphatic heterocycles. The lowest BCUT2D eigenvalue weighted by molar-refractivity contribution is -0.159. The highest BCUT2D eigenvalue weighted by molar-refractivity contribution is 5.96. The zero-order valence-electron chi connectivity index (χ0n) is 13.4. The van der Waals surface area contributed by atoms with Gasteiger partial charge in [0, 0.05) is 11.1 Å². The van der Waals surface area contributed by atoms with E-state index in [-0.39, 0.29) is 17.8 Å². The number of alkyl halides is 3. The summed E-state index contributed by atoms with van der Waals surface area (Å²) in [6, 6.07) is 5.39. The smallest absolute Gasteiger partial charge is 0.396 e. The van der Waals surface area contributed by atoms with E-state index in [0.717, 1.165) is 0 Å². The molecule has 0 radical (unpaired) electrons. The van der Waals surface area contributed by atoms with Crippen LogP contribution in [-0.4, -0.2) is 34.9 Å². The van der Waals surface area contributed by atoms with Crippen LogP contribution in [-0.2, 0) is 11.0 Å². The topological polar surface area (TPSA) is 89.6 Å². The Bertz CT molecular complexity index is 741. The van der Waals surface area contributed by atoms with E-state index in [2.05, 4.69) is 25.1 Å². The molecule has 0 aliphatic rings. The fraction of sp³-hybridized carbons (Fsp3) is 0.333. The Morgan fingerprint density at radius 1 is 1.40 bits per heavy atom. The average Bonchev–Trinajstić information content (AvgIpc) is 3.05. The van der Waals surface area contributed by atoms with Crippen molar-refractivity contribution in [2.24, 2.45) is 5.16 Å². The number of benzene rings is 1. The van der Waals surface area contributed by atoms with Gasteiger partial charge < -0.3 is 14.7 Å². The van der Waals surface area contributed by atoms with Crippen LogP contribution in [0.4, 0.5) is 13.2 Å². The highest BCUT2D eigenvalue weighted by Crippen LogP contribution is 2.29. The van der Waals surface area contributed by atoms with Gasteiger partial charge in [0.15, 0.2) is 0 Å². The SMILES string of the molecule is CCO/N=C\C(C)NC(=O)c1ccc(-c2noc(C(F)(F)F)n2)cc1. The van der Waals surface area contributed by atoms with Gasteiger partial charge in [-0.1, -0.05) is 22.4 Å². The van der Waals surface area contributed by atoms with E-state index in [9.17, 15) is 18.0 Å². The van der Waals surface area contributed by atoms with Crippen molar-refractivity contribution in [1.29, 1.82) is 0 Å². The van der Waals surface area contributed by atoms with Crippen molar-refractivity contribution in [1.82, 2.24) is 15.5 Å². The van der Waals surface area contributed by atoms with Crippen LogP contribution in [0.1, 0.15) is 30.1 Å². The maximum atomic E-state index is 12.5. The Labute approximate surface area is 140 Å². The van der Waals surface area contributed by atoms with Crippen molar-refractivity contribution in [3.8, 4) is 11.4 Å². The van der Waals surface area contributed by atoms with Crippen molar-refractivity contribution < 1.29 is 27.3 Å². The van der Waals surface area contributed by atoms with E-state index in [4.69, 9.17) is 4.84 Å². The molecule has 1 aromatic heterocycles. The summed E-state index contributed by atoms with van der Waals surface area (Å²) in [5.74, 6) is -2.01. The number of amides is 1. The van der Waals surface area contributed by atoms with E-state index in [0.29, 0.717) is 17.7 Å². The molecule has 0 spiro atoms. The summed E-state index contributed by atoms with van der Waals surface area (Å²) < 4.78 is 41.5. The standard InChI is InChI=1S/C15H15F3N4O3/c1-3-24-19-8-9(2)20-13(23)11-6-4-10(5-7-11)12-21-14(25-22-12)15(16,17)18/h4-9H,3H2,1-2H3,(H,20,23)/b19-8-. The Balaban J connectivity index is 2.04. The van der Waals surface area contributed by atoms with E-state index in [1.165, 1.54) is 30.5 Å². The van der Waals surface area contributed by atoms with Gasteiger partial charge in [-0.25, -0.2) is 0 Å². The lowest BCUT2D eigenvalue weighted by atomic mass is 10.1. The van der Waals surface area contributed by atoms with E-state index in [1.54, 1.807) is 13.8 Å². The molecule has 25 heavy (non-hydrogen) atoms. The van der Waals surface area contributed by atoms with Crippen LogP contribution in [0.2, 0.25) is 0 Å². The fourth-order valence-corrected chi connectivity index (χ4v) is 1.76. The maximum absolute atomic E-state index is 12.5. The van der Waals surface area contributed by atoms with Crippen molar-refractivity contribution in [2.75, 3.05) is 6.61 Å². The lowest BCUT2D eigenvalue weighted by Crippen LogP contribution is -2.33. The molecule has 0 fully saturated rings. The molecule has 1 atom stereocenters. The van der Waals surface area contributed by atoms with E-state index in [1.807, 2.05) is 0 Å². The van der Waals surface area contributed by atoms with Crippen LogP contribution >= 0.6 is 0 Å². The molecule has 1 amide bonds. The molecule has 10 heteroatoms. The van der Waals surface area contributed by atoms with Gasteiger partial charge in [-0.2, -0.15) is 18.2 Å². The minimum absolute atomic E-state index is 0.212. The molecule has 2 aromatic rings. The fourth-order valence-electron chi connectivity index (χ4n) is 1.76. The van der Waals surface area contributed by atoms with Gasteiger partial charge in [0.1, 0.15) is 6.61 Å². The van der Waals surface area contributed by atoms with Gasteiger partial charge in [-0.15, -0.1) is 0 Å². The Morgan fingerprint density at radius 3 is 2.64 bits per heavy atom. The summed E-state index contributed by atoms with van der Waals surface area (Å²) in [4.78, 5) is 20.1. The Kier molecular flexibility index (Phi) is 5.73. The first-order valence-corrected chi connectivity index (χ1v) is 7.29.